The number of hydrogen-bond donors (Lipinski definition) is 0. The minimum atomic E-state index is -0.774. The molecule has 4 aliphatic heterocycles. The van der Waals surface area contributed by atoms with Crippen LogP contribution in [0.1, 0.15) is 73.6 Å². The van der Waals surface area contributed by atoms with Crippen molar-refractivity contribution in [2.24, 2.45) is 11.3 Å². The Bertz CT molecular complexity index is 857. The molecule has 190 valence electrons. The smallest absolute Gasteiger partial charge is 0.411 e. The fourth-order valence-electron chi connectivity index (χ4n) is 5.80. The minimum absolute atomic E-state index is 0.0138. The fraction of sp³-hybridized carbons (Fsp3) is 0.840. The van der Waals surface area contributed by atoms with E-state index in [1.165, 1.54) is 0 Å². The maximum atomic E-state index is 13.7. The summed E-state index contributed by atoms with van der Waals surface area (Å²) in [5.41, 5.74) is -1.18. The first-order valence-corrected chi connectivity index (χ1v) is 12.5. The van der Waals surface area contributed by atoms with Crippen molar-refractivity contribution in [2.75, 3.05) is 26.2 Å². The number of likely N-dealkylation sites (tertiary alicyclic amines) is 2. The topological polar surface area (TPSA) is 96.5 Å². The molecule has 0 radical (unpaired) electrons. The lowest BCUT2D eigenvalue weighted by Crippen LogP contribution is -2.68. The highest BCUT2D eigenvalue weighted by Gasteiger charge is 2.55. The van der Waals surface area contributed by atoms with Crippen LogP contribution < -0.4 is 0 Å². The van der Waals surface area contributed by atoms with Crippen LogP contribution in [0.3, 0.4) is 0 Å². The van der Waals surface area contributed by atoms with Crippen molar-refractivity contribution in [3.63, 3.8) is 0 Å². The maximum absolute atomic E-state index is 13.7. The summed E-state index contributed by atoms with van der Waals surface area (Å²) in [7, 11) is 0. The van der Waals surface area contributed by atoms with E-state index in [-0.39, 0.29) is 29.2 Å². The van der Waals surface area contributed by atoms with E-state index in [0.717, 1.165) is 19.3 Å². The van der Waals surface area contributed by atoms with Crippen LogP contribution in [0.25, 0.3) is 0 Å². The molecule has 0 aromatic carbocycles. The summed E-state index contributed by atoms with van der Waals surface area (Å²) in [6.45, 7) is 13.4. The first-order valence-electron chi connectivity index (χ1n) is 12.5. The number of amides is 3. The van der Waals surface area contributed by atoms with E-state index in [2.05, 4.69) is 0 Å². The van der Waals surface area contributed by atoms with Crippen LogP contribution in [0, 0.1) is 11.3 Å². The zero-order chi connectivity index (χ0) is 25.1. The second-order valence-electron chi connectivity index (χ2n) is 12.5. The second-order valence-corrected chi connectivity index (χ2v) is 12.5. The Labute approximate surface area is 202 Å². The Morgan fingerprint density at radius 2 is 1.41 bits per heavy atom. The Balaban J connectivity index is 1.39. The van der Waals surface area contributed by atoms with Gasteiger partial charge in [0.2, 0.25) is 5.91 Å². The number of hydrogen-bond acceptors (Lipinski definition) is 6. The number of ketones is 1. The Hall–Kier alpha value is -2.32. The molecule has 34 heavy (non-hydrogen) atoms. The highest BCUT2D eigenvalue weighted by molar-refractivity contribution is 5.96. The molecule has 4 heterocycles. The number of nitrogens with zero attached hydrogens (tertiary/aromatic N) is 3. The summed E-state index contributed by atoms with van der Waals surface area (Å²) in [6, 6.07) is -1.05. The normalized spacial score (nSPS) is 28.6. The third kappa shape index (κ3) is 4.89. The van der Waals surface area contributed by atoms with Gasteiger partial charge in [-0.15, -0.1) is 0 Å². The third-order valence-electron chi connectivity index (χ3n) is 7.43. The number of ether oxygens (including phenoxy) is 2. The molecule has 2 bridgehead atoms. The van der Waals surface area contributed by atoms with Gasteiger partial charge in [-0.05, 0) is 67.2 Å². The SMILES string of the molecule is CC(C)(C)OC(=O)N1CC2(CCN(C(=O)[C@H]3[C@@H]4CC[C@@H](CC4=O)N3C(=O)OC(C)(C)C)CC2)C1. The molecule has 1 aliphatic carbocycles. The predicted molar refractivity (Wildman–Crippen MR) is 124 cm³/mol. The number of piperidine rings is 3. The van der Waals surface area contributed by atoms with Gasteiger partial charge in [0, 0.05) is 50.0 Å². The van der Waals surface area contributed by atoms with Gasteiger partial charge in [-0.1, -0.05) is 0 Å². The van der Waals surface area contributed by atoms with Crippen molar-refractivity contribution >= 4 is 23.9 Å². The van der Waals surface area contributed by atoms with Gasteiger partial charge in [-0.2, -0.15) is 0 Å². The Kier molecular flexibility index (Phi) is 6.13. The molecule has 0 aromatic heterocycles. The summed E-state index contributed by atoms with van der Waals surface area (Å²) < 4.78 is 11.1. The summed E-state index contributed by atoms with van der Waals surface area (Å²) in [5, 5.41) is 0. The minimum Gasteiger partial charge on any atom is -0.444 e. The van der Waals surface area contributed by atoms with Crippen LogP contribution in [-0.2, 0) is 19.1 Å². The maximum Gasteiger partial charge on any atom is 0.411 e. The molecule has 0 unspecified atom stereocenters. The van der Waals surface area contributed by atoms with Gasteiger partial charge in [0.1, 0.15) is 23.0 Å². The van der Waals surface area contributed by atoms with Crippen LogP contribution >= 0.6 is 0 Å². The largest absolute Gasteiger partial charge is 0.444 e. The van der Waals surface area contributed by atoms with Gasteiger partial charge in [0.15, 0.2) is 0 Å². The van der Waals surface area contributed by atoms with E-state index in [9.17, 15) is 19.2 Å². The molecule has 0 aromatic rings. The van der Waals surface area contributed by atoms with Gasteiger partial charge >= 0.3 is 12.2 Å². The van der Waals surface area contributed by atoms with Crippen LogP contribution in [0.4, 0.5) is 9.59 Å². The molecule has 3 amide bonds. The number of Topliss-reactive ketones (excluding diaryl/α,β-unsaturated/α-hetero) is 1. The first-order chi connectivity index (χ1) is 15.7. The third-order valence-corrected chi connectivity index (χ3v) is 7.43. The molecule has 9 nitrogen and oxygen atoms in total. The van der Waals surface area contributed by atoms with E-state index in [4.69, 9.17) is 9.47 Å². The van der Waals surface area contributed by atoms with Crippen LogP contribution in [0.15, 0.2) is 0 Å². The Morgan fingerprint density at radius 3 is 1.94 bits per heavy atom. The zero-order valence-electron chi connectivity index (χ0n) is 21.4. The van der Waals surface area contributed by atoms with Gasteiger partial charge in [-0.25, -0.2) is 9.59 Å². The number of carbonyl (C=O) groups excluding carboxylic acids is 4. The van der Waals surface area contributed by atoms with Gasteiger partial charge in [0.25, 0.3) is 0 Å². The van der Waals surface area contributed by atoms with Crippen molar-refractivity contribution in [3.05, 3.63) is 0 Å². The van der Waals surface area contributed by atoms with Gasteiger partial charge in [0.05, 0.1) is 0 Å². The van der Waals surface area contributed by atoms with E-state index in [1.807, 2.05) is 20.8 Å². The molecular formula is C25H39N3O6. The van der Waals surface area contributed by atoms with E-state index in [1.54, 1.807) is 35.5 Å². The first kappa shape index (κ1) is 24.8. The second kappa shape index (κ2) is 8.41. The van der Waals surface area contributed by atoms with Crippen molar-refractivity contribution in [1.29, 1.82) is 0 Å². The van der Waals surface area contributed by atoms with Crippen LogP contribution in [0.5, 0.6) is 0 Å². The summed E-state index contributed by atoms with van der Waals surface area (Å²) in [5.74, 6) is -0.520. The molecule has 1 saturated carbocycles. The van der Waals surface area contributed by atoms with Crippen LogP contribution in [0.2, 0.25) is 0 Å². The number of fused-ring (bicyclic) bond motifs is 3. The highest BCUT2D eigenvalue weighted by Crippen LogP contribution is 2.43. The molecule has 4 saturated heterocycles. The van der Waals surface area contributed by atoms with Crippen molar-refractivity contribution in [1.82, 2.24) is 14.7 Å². The quantitative estimate of drug-likeness (QED) is 0.575. The molecule has 1 spiro atoms. The van der Waals surface area contributed by atoms with Gasteiger partial charge in [-0.3, -0.25) is 14.5 Å². The average Bonchev–Trinajstić information content (AvgIpc) is 2.68. The lowest BCUT2D eigenvalue weighted by molar-refractivity contribution is -0.156. The van der Waals surface area contributed by atoms with Crippen molar-refractivity contribution < 1.29 is 28.7 Å². The summed E-state index contributed by atoms with van der Waals surface area (Å²) in [4.78, 5) is 56.8. The molecule has 5 fully saturated rings. The lowest BCUT2D eigenvalue weighted by Gasteiger charge is -2.55. The van der Waals surface area contributed by atoms with E-state index in [0.29, 0.717) is 39.0 Å². The van der Waals surface area contributed by atoms with Crippen molar-refractivity contribution in [3.8, 4) is 0 Å². The predicted octanol–water partition coefficient (Wildman–Crippen LogP) is 3.20. The monoisotopic (exact) mass is 477 g/mol. The van der Waals surface area contributed by atoms with Crippen LogP contribution in [-0.4, -0.2) is 88.0 Å². The summed E-state index contributed by atoms with van der Waals surface area (Å²) >= 11 is 0. The average molecular weight is 478 g/mol. The zero-order valence-corrected chi connectivity index (χ0v) is 21.4. The lowest BCUT2D eigenvalue weighted by atomic mass is 9.71. The van der Waals surface area contributed by atoms with E-state index < -0.39 is 29.3 Å². The highest BCUT2D eigenvalue weighted by atomic mass is 16.6. The molecular weight excluding hydrogens is 438 g/mol. The fourth-order valence-corrected chi connectivity index (χ4v) is 5.80. The number of rotatable bonds is 1. The molecule has 5 rings (SSSR count). The standard InChI is InChI=1S/C25H39N3O6/c1-23(2,3)33-21(31)27-14-25(15-27)9-11-26(12-10-25)20(30)19-17-8-7-16(13-18(17)29)28(19)22(32)34-24(4,5)6/h16-17,19H,7-15H2,1-6H3/t16-,17+,19+/m0/s1. The van der Waals surface area contributed by atoms with E-state index >= 15 is 0 Å². The molecule has 3 atom stereocenters. The molecule has 0 N–H and O–H groups in total. The van der Waals surface area contributed by atoms with Crippen molar-refractivity contribution in [2.45, 2.75) is 96.9 Å². The number of carbonyl (C=O) groups is 4. The molecule has 9 heteroatoms. The Morgan fingerprint density at radius 1 is 0.853 bits per heavy atom. The van der Waals surface area contributed by atoms with Gasteiger partial charge < -0.3 is 19.3 Å². The summed E-state index contributed by atoms with van der Waals surface area (Å²) in [6.07, 6.45) is 2.45. The molecule has 5 aliphatic rings.